The van der Waals surface area contributed by atoms with Gasteiger partial charge in [0.05, 0.1) is 11.3 Å². The van der Waals surface area contributed by atoms with Crippen LogP contribution in [-0.4, -0.2) is 26.2 Å². The third-order valence-corrected chi connectivity index (χ3v) is 3.93. The van der Waals surface area contributed by atoms with Crippen LogP contribution in [0.4, 0.5) is 0 Å². The summed E-state index contributed by atoms with van der Waals surface area (Å²) in [6, 6.07) is 0. The second-order valence-electron chi connectivity index (χ2n) is 3.50. The fourth-order valence-electron chi connectivity index (χ4n) is 0.821. The third-order valence-electron chi connectivity index (χ3n) is 2.13. The Morgan fingerprint density at radius 1 is 1.42 bits per heavy atom. The van der Waals surface area contributed by atoms with Crippen LogP contribution in [-0.2, 0) is 4.57 Å². The van der Waals surface area contributed by atoms with Gasteiger partial charge < -0.3 is 14.9 Å². The Bertz CT molecular complexity index is 184. The van der Waals surface area contributed by atoms with Crippen molar-refractivity contribution < 1.29 is 19.5 Å². The lowest BCUT2D eigenvalue weighted by Gasteiger charge is -2.30. The molecule has 0 aliphatic carbocycles. The molecule has 4 nitrogen and oxygen atoms in total. The van der Waals surface area contributed by atoms with E-state index in [-0.39, 0.29) is 0 Å². The van der Waals surface area contributed by atoms with Gasteiger partial charge in [0.1, 0.15) is 0 Å². The monoisotopic (exact) mass is 196 g/mol. The maximum absolute atomic E-state index is 10.9. The quantitative estimate of drug-likeness (QED) is 0.588. The highest BCUT2D eigenvalue weighted by atomic mass is 31.2. The minimum Gasteiger partial charge on any atom is -0.392 e. The molecule has 0 fully saturated rings. The smallest absolute Gasteiger partial charge is 0.333 e. The Labute approximate surface area is 72.8 Å². The van der Waals surface area contributed by atoms with Gasteiger partial charge in [0.25, 0.3) is 0 Å². The zero-order chi connectivity index (χ0) is 9.99. The minimum atomic E-state index is -4.20. The van der Waals surface area contributed by atoms with Crippen molar-refractivity contribution in [3.05, 3.63) is 0 Å². The fraction of sp³-hybridized carbons (Fsp3) is 1.00. The number of hydrogen-bond acceptors (Lipinski definition) is 2. The summed E-state index contributed by atoms with van der Waals surface area (Å²) in [6.07, 6.45) is 0.186. The maximum atomic E-state index is 10.9. The van der Waals surface area contributed by atoms with Crippen LogP contribution in [0.15, 0.2) is 0 Å². The third kappa shape index (κ3) is 2.56. The second-order valence-corrected chi connectivity index (χ2v) is 5.74. The molecule has 0 heterocycles. The number of hydrogen-bond donors (Lipinski definition) is 3. The number of rotatable bonds is 4. The molecule has 74 valence electrons. The number of aliphatic hydroxyl groups is 1. The molecule has 0 saturated carbocycles. The fourth-order valence-corrected chi connectivity index (χ4v) is 1.34. The van der Waals surface area contributed by atoms with E-state index in [9.17, 15) is 9.67 Å². The summed E-state index contributed by atoms with van der Waals surface area (Å²) in [4.78, 5) is 17.8. The zero-order valence-corrected chi connectivity index (χ0v) is 8.58. The summed E-state index contributed by atoms with van der Waals surface area (Å²) in [6.45, 7) is 4.63. The van der Waals surface area contributed by atoms with Crippen molar-refractivity contribution in [3.63, 3.8) is 0 Å². The van der Waals surface area contributed by atoms with Gasteiger partial charge in [0, 0.05) is 0 Å². The van der Waals surface area contributed by atoms with E-state index >= 15 is 0 Å². The van der Waals surface area contributed by atoms with Crippen molar-refractivity contribution in [2.45, 2.75) is 44.9 Å². The maximum Gasteiger partial charge on any atom is 0.333 e. The van der Waals surface area contributed by atoms with Gasteiger partial charge in [-0.05, 0) is 20.3 Å². The second kappa shape index (κ2) is 3.88. The molecule has 0 aliphatic heterocycles. The minimum absolute atomic E-state index is 0.415. The van der Waals surface area contributed by atoms with Crippen molar-refractivity contribution in [2.24, 2.45) is 0 Å². The molecule has 1 unspecified atom stereocenters. The summed E-state index contributed by atoms with van der Waals surface area (Å²) >= 11 is 0. The van der Waals surface area contributed by atoms with E-state index in [4.69, 9.17) is 9.79 Å². The van der Waals surface area contributed by atoms with Crippen molar-refractivity contribution in [1.29, 1.82) is 0 Å². The highest BCUT2D eigenvalue weighted by Gasteiger charge is 2.43. The van der Waals surface area contributed by atoms with Gasteiger partial charge >= 0.3 is 7.60 Å². The molecule has 5 heteroatoms. The normalized spacial score (nSPS) is 16.2. The zero-order valence-electron chi connectivity index (χ0n) is 7.69. The van der Waals surface area contributed by atoms with E-state index in [1.807, 2.05) is 6.92 Å². The summed E-state index contributed by atoms with van der Waals surface area (Å²) in [5.74, 6) is 0. The summed E-state index contributed by atoms with van der Waals surface area (Å²) in [5.41, 5.74) is 0. The van der Waals surface area contributed by atoms with E-state index in [0.717, 1.165) is 0 Å². The van der Waals surface area contributed by atoms with Crippen LogP contribution >= 0.6 is 7.60 Å². The Kier molecular flexibility index (Phi) is 3.91. The standard InChI is InChI=1S/C7H17O4P/c1-4-5-6(8)7(2,3)12(9,10)11/h6,8H,4-5H2,1-3H3,(H2,9,10,11). The molecule has 0 aromatic rings. The van der Waals surface area contributed by atoms with Crippen molar-refractivity contribution in [1.82, 2.24) is 0 Å². The lowest BCUT2D eigenvalue weighted by atomic mass is 10.0. The van der Waals surface area contributed by atoms with Crippen molar-refractivity contribution >= 4 is 7.60 Å². The van der Waals surface area contributed by atoms with Crippen molar-refractivity contribution in [3.8, 4) is 0 Å². The SMILES string of the molecule is CCCC(O)C(C)(C)P(=O)(O)O. The van der Waals surface area contributed by atoms with Crippen LogP contribution in [0.25, 0.3) is 0 Å². The molecule has 3 N–H and O–H groups in total. The van der Waals surface area contributed by atoms with Gasteiger partial charge in [0.2, 0.25) is 0 Å². The predicted molar refractivity (Wildman–Crippen MR) is 47.0 cm³/mol. The van der Waals surface area contributed by atoms with Gasteiger partial charge in [-0.2, -0.15) is 0 Å². The van der Waals surface area contributed by atoms with Gasteiger partial charge in [-0.1, -0.05) is 13.3 Å². The Hall–Kier alpha value is 0.110. The van der Waals surface area contributed by atoms with Crippen LogP contribution in [0.2, 0.25) is 0 Å². The lowest BCUT2D eigenvalue weighted by Crippen LogP contribution is -2.35. The van der Waals surface area contributed by atoms with Gasteiger partial charge in [-0.15, -0.1) is 0 Å². The van der Waals surface area contributed by atoms with Gasteiger partial charge in [0.15, 0.2) is 0 Å². The van der Waals surface area contributed by atoms with E-state index < -0.39 is 18.9 Å². The summed E-state index contributed by atoms with van der Waals surface area (Å²) < 4.78 is 10.9. The predicted octanol–water partition coefficient (Wildman–Crippen LogP) is 1.10. The molecule has 0 aromatic carbocycles. The molecule has 0 bridgehead atoms. The van der Waals surface area contributed by atoms with E-state index in [0.29, 0.717) is 12.8 Å². The van der Waals surface area contributed by atoms with Crippen LogP contribution in [0.3, 0.4) is 0 Å². The highest BCUT2D eigenvalue weighted by molar-refractivity contribution is 7.53. The van der Waals surface area contributed by atoms with Crippen LogP contribution in [0.1, 0.15) is 33.6 Å². The largest absolute Gasteiger partial charge is 0.392 e. The average Bonchev–Trinajstić information content (AvgIpc) is 1.85. The molecular weight excluding hydrogens is 179 g/mol. The molecular formula is C7H17O4P. The van der Waals surface area contributed by atoms with E-state index in [1.165, 1.54) is 13.8 Å². The Morgan fingerprint density at radius 2 is 1.83 bits per heavy atom. The first-order valence-corrected chi connectivity index (χ1v) is 5.58. The summed E-state index contributed by atoms with van der Waals surface area (Å²) in [7, 11) is -4.20. The van der Waals surface area contributed by atoms with Crippen LogP contribution in [0, 0.1) is 0 Å². The Balaban J connectivity index is 4.50. The highest BCUT2D eigenvalue weighted by Crippen LogP contribution is 2.52. The molecule has 0 saturated heterocycles. The van der Waals surface area contributed by atoms with E-state index in [1.54, 1.807) is 0 Å². The molecule has 0 aromatic heterocycles. The van der Waals surface area contributed by atoms with E-state index in [2.05, 4.69) is 0 Å². The lowest BCUT2D eigenvalue weighted by molar-refractivity contribution is 0.113. The molecule has 0 rings (SSSR count). The number of aliphatic hydroxyl groups excluding tert-OH is 1. The summed E-state index contributed by atoms with van der Waals surface area (Å²) in [5, 5.41) is 8.09. The molecule has 0 radical (unpaired) electrons. The molecule has 12 heavy (non-hydrogen) atoms. The Morgan fingerprint density at radius 3 is 2.08 bits per heavy atom. The first-order valence-electron chi connectivity index (χ1n) is 3.97. The molecule has 0 aliphatic rings. The molecule has 0 spiro atoms. The molecule has 0 amide bonds. The topological polar surface area (TPSA) is 77.8 Å². The average molecular weight is 196 g/mol. The van der Waals surface area contributed by atoms with Crippen molar-refractivity contribution in [2.75, 3.05) is 0 Å². The first-order chi connectivity index (χ1) is 5.23. The van der Waals surface area contributed by atoms with Gasteiger partial charge in [-0.3, -0.25) is 4.57 Å². The van der Waals surface area contributed by atoms with Crippen LogP contribution in [0.5, 0.6) is 0 Å². The molecule has 1 atom stereocenters. The van der Waals surface area contributed by atoms with Gasteiger partial charge in [-0.25, -0.2) is 0 Å². The van der Waals surface area contributed by atoms with Crippen LogP contribution < -0.4 is 0 Å². The first kappa shape index (κ1) is 12.1.